The van der Waals surface area contributed by atoms with Gasteiger partial charge in [0.15, 0.2) is 0 Å². The average Bonchev–Trinajstić information content (AvgIpc) is 3.06. The molecular formula is C20H28N2O6S. The van der Waals surface area contributed by atoms with E-state index in [-0.39, 0.29) is 29.1 Å². The molecule has 4 saturated carbocycles. The Kier molecular flexibility index (Phi) is 4.81. The molecule has 0 aromatic carbocycles. The molecule has 1 heterocycles. The van der Waals surface area contributed by atoms with Gasteiger partial charge in [-0.05, 0) is 62.5 Å². The van der Waals surface area contributed by atoms with Crippen molar-refractivity contribution in [3.8, 4) is 0 Å². The Morgan fingerprint density at radius 1 is 1.21 bits per heavy atom. The quantitative estimate of drug-likeness (QED) is 0.701. The molecule has 1 N–H and O–H groups in total. The third-order valence-corrected chi connectivity index (χ3v) is 8.34. The zero-order valence-corrected chi connectivity index (χ0v) is 17.9. The van der Waals surface area contributed by atoms with Gasteiger partial charge in [-0.3, -0.25) is 9.59 Å². The Morgan fingerprint density at radius 2 is 1.86 bits per heavy atom. The molecule has 0 spiro atoms. The molecule has 0 radical (unpaired) electrons. The summed E-state index contributed by atoms with van der Waals surface area (Å²) in [6.07, 6.45) is 5.18. The molecule has 160 valence electrons. The first-order chi connectivity index (χ1) is 13.5. The van der Waals surface area contributed by atoms with E-state index in [0.717, 1.165) is 36.4 Å². The van der Waals surface area contributed by atoms with Crippen LogP contribution >= 0.6 is 0 Å². The predicted octanol–water partition coefficient (Wildman–Crippen LogP) is 2.05. The standard InChI is InChI=1S/C20H28N2O6S/c1-13(23)21-20-9-14-6-15(10-20)8-19(7-14,12-20)18(24)27-11-16-4-5-17(28-16)29(25,26)22(2)3/h4-5,14-15H,6-12H2,1-3H3,(H,21,23). The lowest BCUT2D eigenvalue weighted by molar-refractivity contribution is -0.177. The Morgan fingerprint density at radius 3 is 2.45 bits per heavy atom. The molecule has 4 bridgehead atoms. The van der Waals surface area contributed by atoms with Crippen LogP contribution in [0.2, 0.25) is 0 Å². The molecule has 1 aromatic heterocycles. The van der Waals surface area contributed by atoms with Crippen LogP contribution < -0.4 is 5.32 Å². The lowest BCUT2D eigenvalue weighted by Crippen LogP contribution is -2.64. The van der Waals surface area contributed by atoms with Crippen molar-refractivity contribution in [1.82, 2.24) is 9.62 Å². The van der Waals surface area contributed by atoms with Gasteiger partial charge in [-0.1, -0.05) is 0 Å². The van der Waals surface area contributed by atoms with Gasteiger partial charge >= 0.3 is 5.97 Å². The first kappa shape index (κ1) is 20.4. The highest BCUT2D eigenvalue weighted by atomic mass is 32.2. The number of hydrogen-bond donors (Lipinski definition) is 1. The highest BCUT2D eigenvalue weighted by molar-refractivity contribution is 7.88. The van der Waals surface area contributed by atoms with E-state index in [2.05, 4.69) is 5.32 Å². The van der Waals surface area contributed by atoms with E-state index in [4.69, 9.17) is 9.15 Å². The normalized spacial score (nSPS) is 33.1. The number of nitrogens with zero attached hydrogens (tertiary/aromatic N) is 1. The highest BCUT2D eigenvalue weighted by Crippen LogP contribution is 2.62. The zero-order valence-electron chi connectivity index (χ0n) is 17.1. The summed E-state index contributed by atoms with van der Waals surface area (Å²) in [5.74, 6) is 0.822. The number of carbonyl (C=O) groups excluding carboxylic acids is 2. The van der Waals surface area contributed by atoms with Crippen LogP contribution in [-0.2, 0) is 31.0 Å². The third kappa shape index (κ3) is 3.59. The number of nitrogens with one attached hydrogen (secondary N) is 1. The van der Waals surface area contributed by atoms with Crippen LogP contribution in [0.4, 0.5) is 0 Å². The fourth-order valence-electron chi connectivity index (χ4n) is 6.07. The van der Waals surface area contributed by atoms with Crippen LogP contribution in [0.5, 0.6) is 0 Å². The van der Waals surface area contributed by atoms with E-state index in [1.54, 1.807) is 0 Å². The van der Waals surface area contributed by atoms with Gasteiger partial charge < -0.3 is 14.5 Å². The van der Waals surface area contributed by atoms with E-state index in [0.29, 0.717) is 24.0 Å². The van der Waals surface area contributed by atoms with Gasteiger partial charge in [-0.2, -0.15) is 0 Å². The summed E-state index contributed by atoms with van der Waals surface area (Å²) < 4.78 is 36.3. The molecule has 1 amide bonds. The number of amides is 1. The molecule has 1 aromatic rings. The van der Waals surface area contributed by atoms with Crippen molar-refractivity contribution in [1.29, 1.82) is 0 Å². The molecule has 2 atom stereocenters. The van der Waals surface area contributed by atoms with Gasteiger partial charge in [0.2, 0.25) is 11.0 Å². The summed E-state index contributed by atoms with van der Waals surface area (Å²) in [5, 5.41) is 2.96. The first-order valence-electron chi connectivity index (χ1n) is 10.0. The number of esters is 1. The average molecular weight is 425 g/mol. The predicted molar refractivity (Wildman–Crippen MR) is 103 cm³/mol. The maximum atomic E-state index is 13.1. The van der Waals surface area contributed by atoms with E-state index in [1.165, 1.54) is 33.2 Å². The molecule has 2 unspecified atom stereocenters. The molecule has 9 heteroatoms. The minimum atomic E-state index is -3.67. The van der Waals surface area contributed by atoms with Gasteiger partial charge in [-0.25, -0.2) is 12.7 Å². The van der Waals surface area contributed by atoms with Gasteiger partial charge in [0, 0.05) is 26.6 Å². The number of ether oxygens (including phenoxy) is 1. The molecule has 4 aliphatic carbocycles. The van der Waals surface area contributed by atoms with Crippen LogP contribution in [0.15, 0.2) is 21.6 Å². The fourth-order valence-corrected chi connectivity index (χ4v) is 6.88. The molecule has 4 aliphatic rings. The second-order valence-electron chi connectivity index (χ2n) is 9.29. The minimum absolute atomic E-state index is 0.0549. The van der Waals surface area contributed by atoms with Crippen LogP contribution in [0.1, 0.15) is 51.2 Å². The van der Waals surface area contributed by atoms with Crippen molar-refractivity contribution in [3.05, 3.63) is 17.9 Å². The second kappa shape index (κ2) is 6.84. The largest absolute Gasteiger partial charge is 0.457 e. The van der Waals surface area contributed by atoms with E-state index in [9.17, 15) is 18.0 Å². The van der Waals surface area contributed by atoms with Crippen molar-refractivity contribution in [3.63, 3.8) is 0 Å². The van der Waals surface area contributed by atoms with Crippen molar-refractivity contribution in [2.24, 2.45) is 17.3 Å². The number of furan rings is 1. The van der Waals surface area contributed by atoms with Crippen molar-refractivity contribution in [2.45, 2.75) is 62.7 Å². The number of hydrogen-bond acceptors (Lipinski definition) is 6. The maximum Gasteiger partial charge on any atom is 0.312 e. The van der Waals surface area contributed by atoms with Crippen molar-refractivity contribution in [2.75, 3.05) is 14.1 Å². The molecule has 0 aliphatic heterocycles. The number of sulfonamides is 1. The number of carbonyl (C=O) groups is 2. The van der Waals surface area contributed by atoms with E-state index in [1.807, 2.05) is 0 Å². The summed E-state index contributed by atoms with van der Waals surface area (Å²) in [4.78, 5) is 24.9. The molecule has 4 fully saturated rings. The fraction of sp³-hybridized carbons (Fsp3) is 0.700. The molecule has 0 saturated heterocycles. The second-order valence-corrected chi connectivity index (χ2v) is 11.4. The Balaban J connectivity index is 1.47. The van der Waals surface area contributed by atoms with Gasteiger partial charge in [0.1, 0.15) is 12.4 Å². The lowest BCUT2D eigenvalue weighted by atomic mass is 9.47. The summed E-state index contributed by atoms with van der Waals surface area (Å²) in [5.41, 5.74) is -0.871. The van der Waals surface area contributed by atoms with Crippen LogP contribution in [0.3, 0.4) is 0 Å². The van der Waals surface area contributed by atoms with Gasteiger partial charge in [0.25, 0.3) is 10.0 Å². The molecule has 8 nitrogen and oxygen atoms in total. The Bertz CT molecular complexity index is 921. The van der Waals surface area contributed by atoms with Crippen LogP contribution in [0.25, 0.3) is 0 Å². The minimum Gasteiger partial charge on any atom is -0.457 e. The summed E-state index contributed by atoms with van der Waals surface area (Å²) in [6.45, 7) is 1.42. The summed E-state index contributed by atoms with van der Waals surface area (Å²) >= 11 is 0. The van der Waals surface area contributed by atoms with E-state index >= 15 is 0 Å². The highest BCUT2D eigenvalue weighted by Gasteiger charge is 2.61. The van der Waals surface area contributed by atoms with Crippen molar-refractivity contribution < 1.29 is 27.2 Å². The Hall–Kier alpha value is -1.87. The van der Waals surface area contributed by atoms with Gasteiger partial charge in [-0.15, -0.1) is 0 Å². The molecular weight excluding hydrogens is 396 g/mol. The molecule has 5 rings (SSSR count). The smallest absolute Gasteiger partial charge is 0.312 e. The van der Waals surface area contributed by atoms with Crippen LogP contribution in [0, 0.1) is 17.3 Å². The first-order valence-corrected chi connectivity index (χ1v) is 11.4. The van der Waals surface area contributed by atoms with Crippen molar-refractivity contribution >= 4 is 21.9 Å². The number of rotatable bonds is 6. The maximum absolute atomic E-state index is 13.1. The monoisotopic (exact) mass is 424 g/mol. The summed E-state index contributed by atoms with van der Waals surface area (Å²) in [7, 11) is -0.813. The van der Waals surface area contributed by atoms with Crippen LogP contribution in [-0.4, -0.2) is 44.2 Å². The SMILES string of the molecule is CC(=O)NC12CC3CC(C1)CC(C(=O)OCc1ccc(S(=O)(=O)N(C)C)o1)(C3)C2. The molecule has 29 heavy (non-hydrogen) atoms. The Labute approximate surface area is 171 Å². The zero-order chi connectivity index (χ0) is 21.0. The third-order valence-electron chi connectivity index (χ3n) is 6.65. The van der Waals surface area contributed by atoms with Gasteiger partial charge in [0.05, 0.1) is 5.41 Å². The lowest BCUT2D eigenvalue weighted by Gasteiger charge is -2.60. The van der Waals surface area contributed by atoms with E-state index < -0.39 is 15.4 Å². The summed E-state index contributed by atoms with van der Waals surface area (Å²) in [6, 6.07) is 2.89. The topological polar surface area (TPSA) is 106 Å².